The van der Waals surface area contributed by atoms with Crippen molar-refractivity contribution in [1.29, 1.82) is 0 Å². The van der Waals surface area contributed by atoms with Crippen molar-refractivity contribution in [3.8, 4) is 5.75 Å². The quantitative estimate of drug-likeness (QED) is 0.691. The first-order chi connectivity index (χ1) is 8.52. The lowest BCUT2D eigenvalue weighted by molar-refractivity contribution is -0.121. The second kappa shape index (κ2) is 6.98. The molecule has 0 heterocycles. The zero-order chi connectivity index (χ0) is 13.5. The Hall–Kier alpha value is -1.59. The van der Waals surface area contributed by atoms with Crippen LogP contribution in [0.5, 0.6) is 5.75 Å². The number of nitrogens with two attached hydrogens (primary N) is 1. The molecule has 0 saturated carbocycles. The fourth-order valence-corrected chi connectivity index (χ4v) is 1.54. The molecule has 5 nitrogen and oxygen atoms in total. The van der Waals surface area contributed by atoms with E-state index in [0.29, 0.717) is 11.3 Å². The molecule has 4 N–H and O–H groups in total. The van der Waals surface area contributed by atoms with E-state index in [-0.39, 0.29) is 24.9 Å². The summed E-state index contributed by atoms with van der Waals surface area (Å²) in [6.07, 6.45) is -0.498. The third-order valence-electron chi connectivity index (χ3n) is 2.48. The van der Waals surface area contributed by atoms with E-state index in [1.165, 1.54) is 0 Å². The maximum atomic E-state index is 11.4. The molecule has 1 aromatic rings. The molecule has 0 bridgehead atoms. The summed E-state index contributed by atoms with van der Waals surface area (Å²) < 4.78 is 5.07. The third kappa shape index (κ3) is 4.73. The van der Waals surface area contributed by atoms with Gasteiger partial charge in [0.2, 0.25) is 5.91 Å². The molecular formula is C13H20N2O3. The number of aliphatic hydroxyl groups is 1. The molecule has 1 amide bonds. The van der Waals surface area contributed by atoms with Gasteiger partial charge < -0.3 is 20.9 Å². The highest BCUT2D eigenvalue weighted by Crippen LogP contribution is 2.18. The predicted octanol–water partition coefficient (Wildman–Crippen LogP) is 0.582. The SMILES string of the molecule is COc1cccc(C(O)CNC(=O)CC(C)N)c1. The summed E-state index contributed by atoms with van der Waals surface area (Å²) in [6, 6.07) is 6.93. The van der Waals surface area contributed by atoms with E-state index in [1.807, 2.05) is 0 Å². The van der Waals surface area contributed by atoms with E-state index in [2.05, 4.69) is 5.32 Å². The Balaban J connectivity index is 2.49. The van der Waals surface area contributed by atoms with Crippen LogP contribution in [0, 0.1) is 0 Å². The summed E-state index contributed by atoms with van der Waals surface area (Å²) in [5, 5.41) is 12.6. The summed E-state index contributed by atoms with van der Waals surface area (Å²) in [4.78, 5) is 11.4. The van der Waals surface area contributed by atoms with Crippen LogP contribution < -0.4 is 15.8 Å². The molecule has 0 spiro atoms. The fourth-order valence-electron chi connectivity index (χ4n) is 1.54. The van der Waals surface area contributed by atoms with Crippen LogP contribution in [0.3, 0.4) is 0 Å². The highest BCUT2D eigenvalue weighted by Gasteiger charge is 2.11. The number of ether oxygens (including phenoxy) is 1. The first kappa shape index (κ1) is 14.5. The molecule has 1 rings (SSSR count). The molecule has 100 valence electrons. The van der Waals surface area contributed by atoms with E-state index in [9.17, 15) is 9.90 Å². The van der Waals surface area contributed by atoms with Crippen molar-refractivity contribution in [3.05, 3.63) is 29.8 Å². The number of rotatable bonds is 6. The molecule has 5 heteroatoms. The third-order valence-corrected chi connectivity index (χ3v) is 2.48. The monoisotopic (exact) mass is 252 g/mol. The van der Waals surface area contributed by atoms with Crippen molar-refractivity contribution in [2.24, 2.45) is 5.73 Å². The van der Waals surface area contributed by atoms with Crippen LogP contribution in [0.4, 0.5) is 0 Å². The molecule has 0 aromatic heterocycles. The molecule has 1 aromatic carbocycles. The number of methoxy groups -OCH3 is 1. The Morgan fingerprint density at radius 3 is 2.89 bits per heavy atom. The highest BCUT2D eigenvalue weighted by atomic mass is 16.5. The molecule has 0 fully saturated rings. The molecule has 2 unspecified atom stereocenters. The Morgan fingerprint density at radius 1 is 1.56 bits per heavy atom. The maximum absolute atomic E-state index is 11.4. The minimum Gasteiger partial charge on any atom is -0.497 e. The van der Waals surface area contributed by atoms with Crippen molar-refractivity contribution in [3.63, 3.8) is 0 Å². The molecule has 2 atom stereocenters. The Labute approximate surface area is 107 Å². The second-order valence-electron chi connectivity index (χ2n) is 4.28. The van der Waals surface area contributed by atoms with Gasteiger partial charge in [-0.3, -0.25) is 4.79 Å². The zero-order valence-electron chi connectivity index (χ0n) is 10.7. The lowest BCUT2D eigenvalue weighted by atomic mass is 10.1. The largest absolute Gasteiger partial charge is 0.497 e. The second-order valence-corrected chi connectivity index (χ2v) is 4.28. The lowest BCUT2D eigenvalue weighted by Gasteiger charge is -2.13. The molecule has 0 aliphatic carbocycles. The van der Waals surface area contributed by atoms with Gasteiger partial charge in [-0.25, -0.2) is 0 Å². The minimum atomic E-state index is -0.753. The first-order valence-electron chi connectivity index (χ1n) is 5.87. The van der Waals surface area contributed by atoms with Gasteiger partial charge in [0.1, 0.15) is 5.75 Å². The average Bonchev–Trinajstić information content (AvgIpc) is 2.35. The zero-order valence-corrected chi connectivity index (χ0v) is 10.7. The van der Waals surface area contributed by atoms with Crippen LogP contribution in [0.25, 0.3) is 0 Å². The maximum Gasteiger partial charge on any atom is 0.221 e. The number of hydrogen-bond acceptors (Lipinski definition) is 4. The van der Waals surface area contributed by atoms with Crippen molar-refractivity contribution in [2.45, 2.75) is 25.5 Å². The lowest BCUT2D eigenvalue weighted by Crippen LogP contribution is -2.32. The molecule has 0 aliphatic heterocycles. The van der Waals surface area contributed by atoms with E-state index in [1.54, 1.807) is 38.3 Å². The predicted molar refractivity (Wildman–Crippen MR) is 69.2 cm³/mol. The Bertz CT molecular complexity index is 394. The van der Waals surface area contributed by atoms with Gasteiger partial charge in [-0.15, -0.1) is 0 Å². The van der Waals surface area contributed by atoms with Crippen molar-refractivity contribution < 1.29 is 14.6 Å². The van der Waals surface area contributed by atoms with Crippen LogP contribution in [-0.4, -0.2) is 30.7 Å². The van der Waals surface area contributed by atoms with Gasteiger partial charge in [0.05, 0.1) is 13.2 Å². The Morgan fingerprint density at radius 2 is 2.28 bits per heavy atom. The molecule has 18 heavy (non-hydrogen) atoms. The van der Waals surface area contributed by atoms with E-state index >= 15 is 0 Å². The average molecular weight is 252 g/mol. The molecule has 0 aliphatic rings. The van der Waals surface area contributed by atoms with Crippen LogP contribution in [0.2, 0.25) is 0 Å². The van der Waals surface area contributed by atoms with Gasteiger partial charge in [-0.05, 0) is 24.6 Å². The summed E-state index contributed by atoms with van der Waals surface area (Å²) in [5.74, 6) is 0.514. The van der Waals surface area contributed by atoms with Gasteiger partial charge in [0.25, 0.3) is 0 Å². The normalized spacial score (nSPS) is 13.8. The van der Waals surface area contributed by atoms with E-state index in [4.69, 9.17) is 10.5 Å². The number of benzene rings is 1. The molecular weight excluding hydrogens is 232 g/mol. The van der Waals surface area contributed by atoms with E-state index in [0.717, 1.165) is 0 Å². The Kier molecular flexibility index (Phi) is 5.61. The number of hydrogen-bond donors (Lipinski definition) is 3. The van der Waals surface area contributed by atoms with Crippen LogP contribution >= 0.6 is 0 Å². The highest BCUT2D eigenvalue weighted by molar-refractivity contribution is 5.76. The van der Waals surface area contributed by atoms with Gasteiger partial charge in [-0.1, -0.05) is 12.1 Å². The number of aliphatic hydroxyl groups excluding tert-OH is 1. The van der Waals surface area contributed by atoms with Gasteiger partial charge in [0.15, 0.2) is 0 Å². The summed E-state index contributed by atoms with van der Waals surface area (Å²) in [6.45, 7) is 1.93. The van der Waals surface area contributed by atoms with Crippen molar-refractivity contribution in [2.75, 3.05) is 13.7 Å². The smallest absolute Gasteiger partial charge is 0.221 e. The number of carbonyl (C=O) groups is 1. The fraction of sp³-hybridized carbons (Fsp3) is 0.462. The molecule has 0 saturated heterocycles. The van der Waals surface area contributed by atoms with Gasteiger partial charge in [0, 0.05) is 19.0 Å². The summed E-state index contributed by atoms with van der Waals surface area (Å²) >= 11 is 0. The standard InChI is InChI=1S/C13H20N2O3/c1-9(14)6-13(17)15-8-12(16)10-4-3-5-11(7-10)18-2/h3-5,7,9,12,16H,6,8,14H2,1-2H3,(H,15,17). The number of carbonyl (C=O) groups excluding carboxylic acids is 1. The summed E-state index contributed by atoms with van der Waals surface area (Å²) in [7, 11) is 1.57. The van der Waals surface area contributed by atoms with Crippen LogP contribution in [0.15, 0.2) is 24.3 Å². The summed E-state index contributed by atoms with van der Waals surface area (Å²) in [5.41, 5.74) is 6.21. The van der Waals surface area contributed by atoms with Crippen LogP contribution in [0.1, 0.15) is 25.0 Å². The first-order valence-corrected chi connectivity index (χ1v) is 5.87. The number of amides is 1. The number of nitrogens with one attached hydrogen (secondary N) is 1. The van der Waals surface area contributed by atoms with Gasteiger partial charge in [-0.2, -0.15) is 0 Å². The minimum absolute atomic E-state index is 0.160. The van der Waals surface area contributed by atoms with Crippen molar-refractivity contribution in [1.82, 2.24) is 5.32 Å². The van der Waals surface area contributed by atoms with E-state index < -0.39 is 6.10 Å². The van der Waals surface area contributed by atoms with Crippen molar-refractivity contribution >= 4 is 5.91 Å². The molecule has 0 radical (unpaired) electrons. The van der Waals surface area contributed by atoms with Crippen LogP contribution in [-0.2, 0) is 4.79 Å². The topological polar surface area (TPSA) is 84.6 Å². The van der Waals surface area contributed by atoms with Gasteiger partial charge >= 0.3 is 0 Å².